The fraction of sp³-hybridized carbons (Fsp3) is 0.824. The molecule has 2 heteroatoms. The zero-order valence-corrected chi connectivity index (χ0v) is 12.5. The van der Waals surface area contributed by atoms with Crippen LogP contribution in [0.2, 0.25) is 0 Å². The summed E-state index contributed by atoms with van der Waals surface area (Å²) in [5, 5.41) is 0. The molecule has 0 saturated heterocycles. The number of esters is 1. The number of cyclic esters (lactones) is 1. The number of allylic oxidation sites excluding steroid dienone is 2. The highest BCUT2D eigenvalue weighted by molar-refractivity contribution is 5.69. The van der Waals surface area contributed by atoms with Crippen LogP contribution in [0.3, 0.4) is 0 Å². The Balaban J connectivity index is 2.27. The van der Waals surface area contributed by atoms with Crippen LogP contribution in [0.5, 0.6) is 0 Å². The molecule has 0 aromatic heterocycles. The van der Waals surface area contributed by atoms with Crippen molar-refractivity contribution < 1.29 is 9.53 Å². The summed E-state index contributed by atoms with van der Waals surface area (Å²) in [5.74, 6) is -0.00708. The topological polar surface area (TPSA) is 26.3 Å². The van der Waals surface area contributed by atoms with Crippen molar-refractivity contribution in [1.29, 1.82) is 0 Å². The predicted octanol–water partition coefficient (Wildman–Crippen LogP) is 5.17. The van der Waals surface area contributed by atoms with Gasteiger partial charge in [-0.05, 0) is 45.4 Å². The number of ether oxygens (including phenoxy) is 1. The second-order valence-electron chi connectivity index (χ2n) is 5.72. The van der Waals surface area contributed by atoms with Gasteiger partial charge in [0.25, 0.3) is 0 Å². The summed E-state index contributed by atoms with van der Waals surface area (Å²) in [5.41, 5.74) is 0. The van der Waals surface area contributed by atoms with Gasteiger partial charge >= 0.3 is 5.97 Å². The van der Waals surface area contributed by atoms with Crippen molar-refractivity contribution in [2.45, 2.75) is 90.1 Å². The monoisotopic (exact) mass is 266 g/mol. The molecule has 110 valence electrons. The highest BCUT2D eigenvalue weighted by Crippen LogP contribution is 2.13. The third kappa shape index (κ3) is 9.75. The third-order valence-electron chi connectivity index (χ3n) is 3.73. The lowest BCUT2D eigenvalue weighted by molar-refractivity contribution is -0.148. The molecule has 0 radical (unpaired) electrons. The van der Waals surface area contributed by atoms with E-state index < -0.39 is 0 Å². The van der Waals surface area contributed by atoms with Gasteiger partial charge in [-0.15, -0.1) is 0 Å². The Bertz CT molecular complexity index is 258. The first-order valence-corrected chi connectivity index (χ1v) is 8.13. The first-order chi connectivity index (χ1) is 9.29. The van der Waals surface area contributed by atoms with Gasteiger partial charge in [-0.1, -0.05) is 44.3 Å². The number of hydrogen-bond acceptors (Lipinski definition) is 2. The van der Waals surface area contributed by atoms with Gasteiger partial charge in [0.1, 0.15) is 0 Å². The number of hydrogen-bond donors (Lipinski definition) is 0. The van der Waals surface area contributed by atoms with Crippen molar-refractivity contribution in [3.63, 3.8) is 0 Å². The van der Waals surface area contributed by atoms with Gasteiger partial charge in [-0.3, -0.25) is 4.79 Å². The van der Waals surface area contributed by atoms with Crippen LogP contribution in [-0.2, 0) is 9.53 Å². The van der Waals surface area contributed by atoms with Gasteiger partial charge in [-0.2, -0.15) is 0 Å². The zero-order valence-electron chi connectivity index (χ0n) is 12.5. The van der Waals surface area contributed by atoms with Crippen LogP contribution in [0, 0.1) is 0 Å². The second-order valence-corrected chi connectivity index (χ2v) is 5.72. The van der Waals surface area contributed by atoms with Crippen LogP contribution in [0.4, 0.5) is 0 Å². The van der Waals surface area contributed by atoms with Crippen molar-refractivity contribution in [3.05, 3.63) is 12.2 Å². The molecular formula is C17H30O2. The molecule has 0 aromatic carbocycles. The SMILES string of the molecule is CC1CCC/C=C\CCCCCCCCCC(=O)O1. The Morgan fingerprint density at radius 1 is 0.895 bits per heavy atom. The van der Waals surface area contributed by atoms with E-state index >= 15 is 0 Å². The Kier molecular flexibility index (Phi) is 9.48. The summed E-state index contributed by atoms with van der Waals surface area (Å²) in [4.78, 5) is 11.6. The minimum absolute atomic E-state index is 0.00708. The van der Waals surface area contributed by atoms with Crippen molar-refractivity contribution in [3.8, 4) is 0 Å². The summed E-state index contributed by atoms with van der Waals surface area (Å²) in [6, 6.07) is 0. The number of carbonyl (C=O) groups excluding carboxylic acids is 1. The molecule has 0 aromatic rings. The quantitative estimate of drug-likeness (QED) is 0.446. The van der Waals surface area contributed by atoms with Crippen LogP contribution in [-0.4, -0.2) is 12.1 Å². The highest BCUT2D eigenvalue weighted by Gasteiger charge is 2.08. The lowest BCUT2D eigenvalue weighted by atomic mass is 10.1. The largest absolute Gasteiger partial charge is 0.463 e. The Morgan fingerprint density at radius 2 is 1.47 bits per heavy atom. The smallest absolute Gasteiger partial charge is 0.306 e. The van der Waals surface area contributed by atoms with E-state index in [4.69, 9.17) is 4.74 Å². The van der Waals surface area contributed by atoms with E-state index in [0.717, 1.165) is 25.7 Å². The van der Waals surface area contributed by atoms with Crippen LogP contribution in [0.15, 0.2) is 12.2 Å². The molecule has 1 atom stereocenters. The van der Waals surface area contributed by atoms with Crippen molar-refractivity contribution >= 4 is 5.97 Å². The van der Waals surface area contributed by atoms with Crippen molar-refractivity contribution in [1.82, 2.24) is 0 Å². The van der Waals surface area contributed by atoms with Crippen LogP contribution >= 0.6 is 0 Å². The molecule has 1 aliphatic heterocycles. The van der Waals surface area contributed by atoms with Crippen LogP contribution < -0.4 is 0 Å². The van der Waals surface area contributed by atoms with Crippen LogP contribution in [0.1, 0.15) is 84.0 Å². The minimum atomic E-state index is -0.00708. The number of rotatable bonds is 0. The molecule has 1 rings (SSSR count). The molecule has 2 nitrogen and oxygen atoms in total. The molecule has 0 amide bonds. The molecule has 0 aliphatic carbocycles. The van der Waals surface area contributed by atoms with Crippen molar-refractivity contribution in [2.24, 2.45) is 0 Å². The van der Waals surface area contributed by atoms with Gasteiger partial charge in [0.05, 0.1) is 6.10 Å². The first kappa shape index (κ1) is 16.3. The van der Waals surface area contributed by atoms with E-state index in [9.17, 15) is 4.79 Å². The first-order valence-electron chi connectivity index (χ1n) is 8.13. The molecule has 1 heterocycles. The van der Waals surface area contributed by atoms with Gasteiger partial charge in [0.15, 0.2) is 0 Å². The van der Waals surface area contributed by atoms with E-state index in [-0.39, 0.29) is 12.1 Å². The summed E-state index contributed by atoms with van der Waals surface area (Å²) in [7, 11) is 0. The Hall–Kier alpha value is -0.790. The maximum atomic E-state index is 11.6. The molecule has 0 saturated carbocycles. The van der Waals surface area contributed by atoms with Gasteiger partial charge in [0, 0.05) is 6.42 Å². The standard InChI is InChI=1S/C17H30O2/c1-16-14-12-10-8-6-4-2-3-5-7-9-11-13-15-17(18)19-16/h6,8,16H,2-5,7,9-15H2,1H3/b8-6-. The van der Waals surface area contributed by atoms with E-state index in [1.54, 1.807) is 0 Å². The van der Waals surface area contributed by atoms with E-state index in [1.807, 2.05) is 6.92 Å². The molecule has 0 bridgehead atoms. The summed E-state index contributed by atoms with van der Waals surface area (Å²) >= 11 is 0. The fourth-order valence-corrected chi connectivity index (χ4v) is 2.52. The minimum Gasteiger partial charge on any atom is -0.463 e. The summed E-state index contributed by atoms with van der Waals surface area (Å²) in [6.45, 7) is 2.01. The maximum Gasteiger partial charge on any atom is 0.306 e. The predicted molar refractivity (Wildman–Crippen MR) is 80.1 cm³/mol. The highest BCUT2D eigenvalue weighted by atomic mass is 16.5. The fourth-order valence-electron chi connectivity index (χ4n) is 2.52. The number of carbonyl (C=O) groups is 1. The lowest BCUT2D eigenvalue weighted by Gasteiger charge is -2.12. The molecule has 1 aliphatic rings. The molecule has 0 spiro atoms. The molecule has 19 heavy (non-hydrogen) atoms. The third-order valence-corrected chi connectivity index (χ3v) is 3.73. The zero-order chi connectivity index (χ0) is 13.8. The molecule has 0 N–H and O–H groups in total. The molecular weight excluding hydrogens is 236 g/mol. The molecule has 0 fully saturated rings. The summed E-state index contributed by atoms with van der Waals surface area (Å²) in [6.07, 6.45) is 18.5. The average molecular weight is 266 g/mol. The maximum absolute atomic E-state index is 11.6. The van der Waals surface area contributed by atoms with E-state index in [1.165, 1.54) is 44.9 Å². The van der Waals surface area contributed by atoms with Gasteiger partial charge in [-0.25, -0.2) is 0 Å². The summed E-state index contributed by atoms with van der Waals surface area (Å²) < 4.78 is 5.41. The normalized spacial score (nSPS) is 27.2. The average Bonchev–Trinajstić information content (AvgIpc) is 2.38. The van der Waals surface area contributed by atoms with Gasteiger partial charge < -0.3 is 4.74 Å². The lowest BCUT2D eigenvalue weighted by Crippen LogP contribution is -2.14. The van der Waals surface area contributed by atoms with E-state index in [0.29, 0.717) is 6.42 Å². The van der Waals surface area contributed by atoms with E-state index in [2.05, 4.69) is 12.2 Å². The molecule has 1 unspecified atom stereocenters. The van der Waals surface area contributed by atoms with Crippen LogP contribution in [0.25, 0.3) is 0 Å². The Morgan fingerprint density at radius 3 is 2.21 bits per heavy atom. The Labute approximate surface area is 118 Å². The van der Waals surface area contributed by atoms with Gasteiger partial charge in [0.2, 0.25) is 0 Å². The second kappa shape index (κ2) is 11.1. The van der Waals surface area contributed by atoms with Crippen molar-refractivity contribution in [2.75, 3.05) is 0 Å².